The summed E-state index contributed by atoms with van der Waals surface area (Å²) in [6, 6.07) is 19.1. The number of para-hydroxylation sites is 1. The predicted octanol–water partition coefficient (Wildman–Crippen LogP) is 4.25. The number of thioether (sulfide) groups is 1. The molecule has 1 heterocycles. The molecule has 0 saturated heterocycles. The van der Waals surface area contributed by atoms with Crippen molar-refractivity contribution in [3.8, 4) is 6.07 Å². The molecule has 0 fully saturated rings. The Kier molecular flexibility index (Phi) is 5.32. The van der Waals surface area contributed by atoms with Gasteiger partial charge in [-0.05, 0) is 30.7 Å². The fourth-order valence-electron chi connectivity index (χ4n) is 2.48. The van der Waals surface area contributed by atoms with Crippen molar-refractivity contribution in [3.63, 3.8) is 0 Å². The van der Waals surface area contributed by atoms with Gasteiger partial charge in [0.25, 0.3) is 0 Å². The van der Waals surface area contributed by atoms with E-state index in [4.69, 9.17) is 10.00 Å². The van der Waals surface area contributed by atoms with Gasteiger partial charge in [0, 0.05) is 10.9 Å². The largest absolute Gasteiger partial charge is 0.460 e. The van der Waals surface area contributed by atoms with E-state index >= 15 is 0 Å². The molecule has 0 N–H and O–H groups in total. The summed E-state index contributed by atoms with van der Waals surface area (Å²) < 4.78 is 5.27. The molecule has 0 aliphatic heterocycles. The van der Waals surface area contributed by atoms with Gasteiger partial charge in [-0.25, -0.2) is 4.98 Å². The monoisotopic (exact) mass is 348 g/mol. The summed E-state index contributed by atoms with van der Waals surface area (Å²) in [5, 5.41) is 11.0. The third kappa shape index (κ3) is 4.17. The van der Waals surface area contributed by atoms with Crippen molar-refractivity contribution >= 4 is 28.6 Å². The van der Waals surface area contributed by atoms with Gasteiger partial charge in [-0.1, -0.05) is 48.2 Å². The Morgan fingerprint density at radius 2 is 1.96 bits per heavy atom. The quantitative estimate of drug-likeness (QED) is 0.509. The second-order valence-corrected chi connectivity index (χ2v) is 6.51. The van der Waals surface area contributed by atoms with Crippen LogP contribution in [0.1, 0.15) is 16.7 Å². The summed E-state index contributed by atoms with van der Waals surface area (Å²) in [7, 11) is 0. The van der Waals surface area contributed by atoms with E-state index in [2.05, 4.69) is 11.1 Å². The van der Waals surface area contributed by atoms with Gasteiger partial charge in [-0.3, -0.25) is 4.79 Å². The second kappa shape index (κ2) is 7.82. The van der Waals surface area contributed by atoms with Crippen LogP contribution in [0.2, 0.25) is 0 Å². The molecule has 0 unspecified atom stereocenters. The molecule has 1 aromatic heterocycles. The van der Waals surface area contributed by atoms with E-state index in [9.17, 15) is 4.79 Å². The van der Waals surface area contributed by atoms with E-state index in [1.54, 1.807) is 18.2 Å². The summed E-state index contributed by atoms with van der Waals surface area (Å²) in [5.41, 5.74) is 3.28. The first kappa shape index (κ1) is 17.0. The fraction of sp³-hybridized carbons (Fsp3) is 0.150. The summed E-state index contributed by atoms with van der Waals surface area (Å²) in [6.07, 6.45) is 0. The van der Waals surface area contributed by atoms with Crippen molar-refractivity contribution < 1.29 is 9.53 Å². The highest BCUT2D eigenvalue weighted by Crippen LogP contribution is 2.23. The highest BCUT2D eigenvalue weighted by atomic mass is 32.2. The standard InChI is InChI=1S/C20H16N2O2S/c1-14-10-19(22-18-9-5-4-8-17(14)18)25-13-20(23)24-12-16-7-3-2-6-15(16)11-21/h2-10H,12-13H2,1H3. The van der Waals surface area contributed by atoms with Crippen LogP contribution in [0.4, 0.5) is 0 Å². The molecule has 0 aliphatic rings. The van der Waals surface area contributed by atoms with Gasteiger partial charge < -0.3 is 4.74 Å². The first-order valence-corrected chi connectivity index (χ1v) is 8.79. The van der Waals surface area contributed by atoms with E-state index in [-0.39, 0.29) is 18.3 Å². The van der Waals surface area contributed by atoms with E-state index in [0.29, 0.717) is 11.1 Å². The van der Waals surface area contributed by atoms with E-state index in [0.717, 1.165) is 21.5 Å². The van der Waals surface area contributed by atoms with Crippen molar-refractivity contribution in [2.24, 2.45) is 0 Å². The minimum atomic E-state index is -0.328. The third-order valence-electron chi connectivity index (χ3n) is 3.76. The molecule has 4 nitrogen and oxygen atoms in total. The second-order valence-electron chi connectivity index (χ2n) is 5.51. The zero-order chi connectivity index (χ0) is 17.6. The number of hydrogen-bond acceptors (Lipinski definition) is 5. The molecule has 0 bridgehead atoms. The lowest BCUT2D eigenvalue weighted by Gasteiger charge is -2.07. The van der Waals surface area contributed by atoms with Gasteiger partial charge in [-0.2, -0.15) is 5.26 Å². The van der Waals surface area contributed by atoms with Crippen LogP contribution in [0.25, 0.3) is 10.9 Å². The summed E-state index contributed by atoms with van der Waals surface area (Å²) in [4.78, 5) is 16.5. The van der Waals surface area contributed by atoms with Crippen LogP contribution < -0.4 is 0 Å². The molecular formula is C20H16N2O2S. The molecule has 3 aromatic rings. The van der Waals surface area contributed by atoms with Crippen molar-refractivity contribution in [1.29, 1.82) is 5.26 Å². The summed E-state index contributed by atoms with van der Waals surface area (Å²) >= 11 is 1.35. The molecule has 0 saturated carbocycles. The number of carbonyl (C=O) groups is 1. The lowest BCUT2D eigenvalue weighted by atomic mass is 10.1. The van der Waals surface area contributed by atoms with E-state index in [1.807, 2.05) is 43.3 Å². The van der Waals surface area contributed by atoms with Gasteiger partial charge in [0.2, 0.25) is 0 Å². The Bertz CT molecular complexity index is 963. The van der Waals surface area contributed by atoms with Gasteiger partial charge in [0.1, 0.15) is 6.61 Å². The topological polar surface area (TPSA) is 63.0 Å². The van der Waals surface area contributed by atoms with E-state index < -0.39 is 0 Å². The lowest BCUT2D eigenvalue weighted by molar-refractivity contribution is -0.141. The Balaban J connectivity index is 1.60. The van der Waals surface area contributed by atoms with Crippen LogP contribution in [-0.2, 0) is 16.1 Å². The van der Waals surface area contributed by atoms with E-state index in [1.165, 1.54) is 11.8 Å². The maximum absolute atomic E-state index is 12.0. The first-order valence-electron chi connectivity index (χ1n) is 7.80. The fourth-order valence-corrected chi connectivity index (χ4v) is 3.25. The van der Waals surface area contributed by atoms with Gasteiger partial charge >= 0.3 is 5.97 Å². The summed E-state index contributed by atoms with van der Waals surface area (Å²) in [5.74, 6) is -0.148. The van der Waals surface area contributed by atoms with Crippen LogP contribution in [0.15, 0.2) is 59.6 Å². The molecule has 3 rings (SSSR count). The number of hydrogen-bond donors (Lipinski definition) is 0. The van der Waals surface area contributed by atoms with Crippen LogP contribution in [0.5, 0.6) is 0 Å². The smallest absolute Gasteiger partial charge is 0.316 e. The van der Waals surface area contributed by atoms with Gasteiger partial charge in [0.05, 0.1) is 27.9 Å². The van der Waals surface area contributed by atoms with Crippen molar-refractivity contribution in [2.45, 2.75) is 18.6 Å². The molecule has 0 aliphatic carbocycles. The Labute approximate surface area is 150 Å². The van der Waals surface area contributed by atoms with Gasteiger partial charge in [-0.15, -0.1) is 0 Å². The normalized spacial score (nSPS) is 10.4. The minimum Gasteiger partial charge on any atom is -0.460 e. The summed E-state index contributed by atoms with van der Waals surface area (Å²) in [6.45, 7) is 2.14. The maximum atomic E-state index is 12.0. The number of benzene rings is 2. The number of esters is 1. The number of rotatable bonds is 5. The average molecular weight is 348 g/mol. The van der Waals surface area contributed by atoms with Crippen LogP contribution in [0.3, 0.4) is 0 Å². The Morgan fingerprint density at radius 3 is 2.80 bits per heavy atom. The number of aromatic nitrogens is 1. The van der Waals surface area contributed by atoms with Crippen LogP contribution in [0, 0.1) is 18.3 Å². The van der Waals surface area contributed by atoms with Crippen molar-refractivity contribution in [1.82, 2.24) is 4.98 Å². The highest BCUT2D eigenvalue weighted by Gasteiger charge is 2.09. The number of nitrogens with zero attached hydrogens (tertiary/aromatic N) is 2. The molecule has 0 atom stereocenters. The van der Waals surface area contributed by atoms with Crippen molar-refractivity contribution in [2.75, 3.05) is 5.75 Å². The average Bonchev–Trinajstić information content (AvgIpc) is 2.65. The lowest BCUT2D eigenvalue weighted by Crippen LogP contribution is -2.08. The van der Waals surface area contributed by atoms with Crippen LogP contribution >= 0.6 is 11.8 Å². The zero-order valence-corrected chi connectivity index (χ0v) is 14.5. The molecule has 2 aromatic carbocycles. The Hall–Kier alpha value is -2.84. The molecule has 5 heteroatoms. The number of pyridine rings is 1. The number of aryl methyl sites for hydroxylation is 1. The molecule has 0 spiro atoms. The zero-order valence-electron chi connectivity index (χ0n) is 13.7. The number of ether oxygens (including phenoxy) is 1. The SMILES string of the molecule is Cc1cc(SCC(=O)OCc2ccccc2C#N)nc2ccccc12. The van der Waals surface area contributed by atoms with Crippen LogP contribution in [-0.4, -0.2) is 16.7 Å². The molecular weight excluding hydrogens is 332 g/mol. The number of carbonyl (C=O) groups excluding carboxylic acids is 1. The predicted molar refractivity (Wildman–Crippen MR) is 98.2 cm³/mol. The highest BCUT2D eigenvalue weighted by molar-refractivity contribution is 7.99. The molecule has 0 radical (unpaired) electrons. The molecule has 124 valence electrons. The van der Waals surface area contributed by atoms with Crippen molar-refractivity contribution in [3.05, 3.63) is 71.3 Å². The third-order valence-corrected chi connectivity index (χ3v) is 4.65. The maximum Gasteiger partial charge on any atom is 0.316 e. The molecule has 25 heavy (non-hydrogen) atoms. The first-order chi connectivity index (χ1) is 12.2. The Morgan fingerprint density at radius 1 is 1.20 bits per heavy atom. The minimum absolute atomic E-state index is 0.104. The number of fused-ring (bicyclic) bond motifs is 1. The van der Waals surface area contributed by atoms with Gasteiger partial charge in [0.15, 0.2) is 0 Å². The molecule has 0 amide bonds. The number of nitriles is 1.